The van der Waals surface area contributed by atoms with Crippen molar-refractivity contribution in [1.29, 1.82) is 0 Å². The number of benzene rings is 1. The second-order valence-electron chi connectivity index (χ2n) is 5.70. The molecule has 21 heavy (non-hydrogen) atoms. The normalized spacial score (nSPS) is 26.8. The Hall–Kier alpha value is -1.07. The van der Waals surface area contributed by atoms with Gasteiger partial charge >= 0.3 is 6.18 Å². The molecule has 2 rings (SSSR count). The first-order valence-corrected chi connectivity index (χ1v) is 7.33. The van der Waals surface area contributed by atoms with E-state index in [-0.39, 0.29) is 12.5 Å². The van der Waals surface area contributed by atoms with E-state index in [0.29, 0.717) is 18.8 Å². The first-order valence-electron chi connectivity index (χ1n) is 7.33. The summed E-state index contributed by atoms with van der Waals surface area (Å²) >= 11 is 0. The first-order chi connectivity index (χ1) is 9.96. The number of hydrogen-bond donors (Lipinski definition) is 1. The van der Waals surface area contributed by atoms with E-state index in [1.807, 2.05) is 18.2 Å². The van der Waals surface area contributed by atoms with Crippen LogP contribution in [0.15, 0.2) is 30.3 Å². The zero-order valence-corrected chi connectivity index (χ0v) is 11.9. The number of aliphatic hydroxyl groups is 1. The van der Waals surface area contributed by atoms with Gasteiger partial charge in [0.15, 0.2) is 0 Å². The number of rotatable bonds is 5. The van der Waals surface area contributed by atoms with Gasteiger partial charge < -0.3 is 9.84 Å². The third kappa shape index (κ3) is 5.32. The Bertz CT molecular complexity index is 419. The molecule has 1 N–H and O–H groups in total. The Morgan fingerprint density at radius 2 is 1.86 bits per heavy atom. The molecule has 2 nitrogen and oxygen atoms in total. The predicted octanol–water partition coefficient (Wildman–Crippen LogP) is 3.90. The van der Waals surface area contributed by atoms with Crippen molar-refractivity contribution in [3.63, 3.8) is 0 Å². The van der Waals surface area contributed by atoms with Gasteiger partial charge in [-0.15, -0.1) is 0 Å². The highest BCUT2D eigenvalue weighted by atomic mass is 19.4. The fourth-order valence-electron chi connectivity index (χ4n) is 3.01. The number of aliphatic hydroxyl groups excluding tert-OH is 1. The molecule has 1 aliphatic carbocycles. The van der Waals surface area contributed by atoms with Crippen LogP contribution < -0.4 is 0 Å². The molecule has 118 valence electrons. The van der Waals surface area contributed by atoms with Gasteiger partial charge in [0, 0.05) is 6.61 Å². The zero-order chi connectivity index (χ0) is 15.3. The smallest absolute Gasteiger partial charge is 0.393 e. The van der Waals surface area contributed by atoms with E-state index in [9.17, 15) is 18.3 Å². The third-order valence-electron chi connectivity index (χ3n) is 4.11. The van der Waals surface area contributed by atoms with Crippen molar-refractivity contribution in [1.82, 2.24) is 0 Å². The van der Waals surface area contributed by atoms with Gasteiger partial charge in [-0.05, 0) is 43.1 Å². The molecule has 0 amide bonds. The van der Waals surface area contributed by atoms with E-state index < -0.39 is 18.9 Å². The molecule has 5 heteroatoms. The molecular formula is C16H21F3O2. The number of hydrogen-bond acceptors (Lipinski definition) is 2. The number of ether oxygens (including phenoxy) is 1. The fraction of sp³-hybridized carbons (Fsp3) is 0.625. The zero-order valence-electron chi connectivity index (χ0n) is 11.9. The highest BCUT2D eigenvalue weighted by Crippen LogP contribution is 2.37. The van der Waals surface area contributed by atoms with Crippen LogP contribution in [0.3, 0.4) is 0 Å². The largest absolute Gasteiger partial charge is 0.411 e. The molecule has 1 aromatic rings. The van der Waals surface area contributed by atoms with E-state index in [1.54, 1.807) is 0 Å². The summed E-state index contributed by atoms with van der Waals surface area (Å²) in [7, 11) is 0. The SMILES string of the molecule is OC1CCC(c2ccccc2)CC1CCOCC(F)(F)F. The van der Waals surface area contributed by atoms with Crippen LogP contribution >= 0.6 is 0 Å². The average molecular weight is 302 g/mol. The highest BCUT2D eigenvalue weighted by Gasteiger charge is 2.31. The lowest BCUT2D eigenvalue weighted by Gasteiger charge is -2.33. The van der Waals surface area contributed by atoms with E-state index in [1.165, 1.54) is 5.56 Å². The van der Waals surface area contributed by atoms with Crippen LogP contribution in [-0.4, -0.2) is 30.6 Å². The van der Waals surface area contributed by atoms with E-state index in [0.717, 1.165) is 12.8 Å². The van der Waals surface area contributed by atoms with E-state index in [4.69, 9.17) is 0 Å². The maximum Gasteiger partial charge on any atom is 0.411 e. The Kier molecular flexibility index (Phi) is 5.65. The monoisotopic (exact) mass is 302 g/mol. The van der Waals surface area contributed by atoms with E-state index >= 15 is 0 Å². The van der Waals surface area contributed by atoms with Crippen molar-refractivity contribution in [3.05, 3.63) is 35.9 Å². The van der Waals surface area contributed by atoms with Crippen molar-refractivity contribution in [2.45, 2.75) is 43.9 Å². The summed E-state index contributed by atoms with van der Waals surface area (Å²) in [4.78, 5) is 0. The second-order valence-corrected chi connectivity index (χ2v) is 5.70. The Balaban J connectivity index is 1.81. The van der Waals surface area contributed by atoms with Gasteiger partial charge in [-0.2, -0.15) is 13.2 Å². The Morgan fingerprint density at radius 1 is 1.14 bits per heavy atom. The lowest BCUT2D eigenvalue weighted by atomic mass is 9.75. The number of alkyl halides is 3. The Morgan fingerprint density at radius 3 is 2.52 bits per heavy atom. The van der Waals surface area contributed by atoms with E-state index in [2.05, 4.69) is 16.9 Å². The van der Waals surface area contributed by atoms with Gasteiger partial charge in [0.05, 0.1) is 6.10 Å². The molecule has 0 saturated heterocycles. The lowest BCUT2D eigenvalue weighted by Crippen LogP contribution is -2.29. The maximum atomic E-state index is 12.0. The average Bonchev–Trinajstić information content (AvgIpc) is 2.45. The predicted molar refractivity (Wildman–Crippen MR) is 74.0 cm³/mol. The fourth-order valence-corrected chi connectivity index (χ4v) is 3.01. The van der Waals surface area contributed by atoms with Crippen molar-refractivity contribution < 1.29 is 23.0 Å². The van der Waals surface area contributed by atoms with Crippen molar-refractivity contribution in [2.75, 3.05) is 13.2 Å². The van der Waals surface area contributed by atoms with Gasteiger partial charge in [0.25, 0.3) is 0 Å². The number of halogens is 3. The lowest BCUT2D eigenvalue weighted by molar-refractivity contribution is -0.175. The summed E-state index contributed by atoms with van der Waals surface area (Å²) in [5.41, 5.74) is 1.24. The summed E-state index contributed by atoms with van der Waals surface area (Å²) in [5, 5.41) is 10.0. The minimum absolute atomic E-state index is 0.0113. The van der Waals surface area contributed by atoms with Crippen LogP contribution in [0.5, 0.6) is 0 Å². The molecule has 3 unspecified atom stereocenters. The summed E-state index contributed by atoms with van der Waals surface area (Å²) in [6, 6.07) is 10.1. The summed E-state index contributed by atoms with van der Waals surface area (Å²) in [6.07, 6.45) is -1.81. The van der Waals surface area contributed by atoms with Crippen LogP contribution in [0.1, 0.15) is 37.2 Å². The van der Waals surface area contributed by atoms with Gasteiger partial charge in [-0.25, -0.2) is 0 Å². The molecule has 0 heterocycles. The second kappa shape index (κ2) is 7.27. The molecule has 1 aliphatic rings. The quantitative estimate of drug-likeness (QED) is 0.836. The van der Waals surface area contributed by atoms with Crippen LogP contribution in [-0.2, 0) is 4.74 Å². The molecule has 3 atom stereocenters. The summed E-state index contributed by atoms with van der Waals surface area (Å²) in [5.74, 6) is 0.388. The van der Waals surface area contributed by atoms with Crippen molar-refractivity contribution in [2.24, 2.45) is 5.92 Å². The third-order valence-corrected chi connectivity index (χ3v) is 4.11. The molecule has 0 radical (unpaired) electrons. The van der Waals surface area contributed by atoms with Crippen LogP contribution in [0.2, 0.25) is 0 Å². The maximum absolute atomic E-state index is 12.0. The van der Waals surface area contributed by atoms with Gasteiger partial charge in [-0.3, -0.25) is 0 Å². The highest BCUT2D eigenvalue weighted by molar-refractivity contribution is 5.20. The van der Waals surface area contributed by atoms with Gasteiger partial charge in [0.2, 0.25) is 0 Å². The molecule has 0 bridgehead atoms. The van der Waals surface area contributed by atoms with Crippen LogP contribution in [0, 0.1) is 5.92 Å². The van der Waals surface area contributed by atoms with Crippen LogP contribution in [0.25, 0.3) is 0 Å². The molecule has 1 fully saturated rings. The molecule has 1 saturated carbocycles. The molecule has 1 aromatic carbocycles. The summed E-state index contributed by atoms with van der Waals surface area (Å²) in [6.45, 7) is -1.17. The molecule has 0 aliphatic heterocycles. The standard InChI is InChI=1S/C16H21F3O2/c17-16(18,19)11-21-9-8-14-10-13(6-7-15(14)20)12-4-2-1-3-5-12/h1-5,13-15,20H,6-11H2. The van der Waals surface area contributed by atoms with Gasteiger partial charge in [-0.1, -0.05) is 30.3 Å². The van der Waals surface area contributed by atoms with Gasteiger partial charge in [0.1, 0.15) is 6.61 Å². The van der Waals surface area contributed by atoms with Crippen LogP contribution in [0.4, 0.5) is 13.2 Å². The van der Waals surface area contributed by atoms with Crippen molar-refractivity contribution in [3.8, 4) is 0 Å². The molecular weight excluding hydrogens is 281 g/mol. The molecule has 0 aromatic heterocycles. The first kappa shape index (κ1) is 16.3. The summed E-state index contributed by atoms with van der Waals surface area (Å²) < 4.78 is 40.7. The van der Waals surface area contributed by atoms with Crippen molar-refractivity contribution >= 4 is 0 Å². The molecule has 0 spiro atoms. The minimum atomic E-state index is -4.28. The topological polar surface area (TPSA) is 29.5 Å². The Labute approximate surface area is 122 Å². The minimum Gasteiger partial charge on any atom is -0.393 e.